The number of alkyl halides is 1. The van der Waals surface area contributed by atoms with Crippen molar-refractivity contribution in [3.8, 4) is 0 Å². The summed E-state index contributed by atoms with van der Waals surface area (Å²) >= 11 is 9.27. The van der Waals surface area contributed by atoms with Crippen molar-refractivity contribution in [3.63, 3.8) is 0 Å². The summed E-state index contributed by atoms with van der Waals surface area (Å²) < 4.78 is 27.8. The summed E-state index contributed by atoms with van der Waals surface area (Å²) in [6.07, 6.45) is 0.760. The van der Waals surface area contributed by atoms with Crippen molar-refractivity contribution < 1.29 is 8.42 Å². The van der Waals surface area contributed by atoms with Gasteiger partial charge in [-0.15, -0.1) is 16.7 Å². The molecule has 102 valence electrons. The zero-order valence-electron chi connectivity index (χ0n) is 10.0. The van der Waals surface area contributed by atoms with Crippen LogP contribution in [0.5, 0.6) is 0 Å². The van der Waals surface area contributed by atoms with Gasteiger partial charge in [0, 0.05) is 25.5 Å². The molecule has 0 N–H and O–H groups in total. The van der Waals surface area contributed by atoms with Gasteiger partial charge in [-0.2, -0.15) is 4.31 Å². The van der Waals surface area contributed by atoms with Gasteiger partial charge in [0.25, 0.3) is 10.0 Å². The van der Waals surface area contributed by atoms with Crippen LogP contribution < -0.4 is 0 Å². The minimum absolute atomic E-state index is 0.0703. The summed E-state index contributed by atoms with van der Waals surface area (Å²) in [5.74, 6) is 0.325. The molecule has 9 heteroatoms. The first-order valence-electron chi connectivity index (χ1n) is 5.53. The fourth-order valence-corrected chi connectivity index (χ4v) is 4.82. The SMILES string of the molecule is CC1CCN(S(=O)(=O)c2c(Br)nnn2C)CC1Cl. The second-order valence-corrected chi connectivity index (χ2v) is 7.62. The molecule has 6 nitrogen and oxygen atoms in total. The van der Waals surface area contributed by atoms with Gasteiger partial charge in [-0.25, -0.2) is 13.1 Å². The molecule has 18 heavy (non-hydrogen) atoms. The average Bonchev–Trinajstić information content (AvgIpc) is 2.62. The summed E-state index contributed by atoms with van der Waals surface area (Å²) in [5, 5.41) is 7.31. The van der Waals surface area contributed by atoms with Crippen LogP contribution in [0.15, 0.2) is 9.63 Å². The molecular formula is C9H14BrClN4O2S. The van der Waals surface area contributed by atoms with Crippen LogP contribution >= 0.6 is 27.5 Å². The van der Waals surface area contributed by atoms with E-state index in [2.05, 4.69) is 26.2 Å². The van der Waals surface area contributed by atoms with E-state index >= 15 is 0 Å². The normalized spacial score (nSPS) is 26.4. The molecule has 0 aliphatic carbocycles. The van der Waals surface area contributed by atoms with E-state index in [4.69, 9.17) is 11.6 Å². The Bertz CT molecular complexity index is 527. The van der Waals surface area contributed by atoms with E-state index in [1.165, 1.54) is 8.99 Å². The van der Waals surface area contributed by atoms with Crippen LogP contribution in [-0.4, -0.2) is 46.2 Å². The van der Waals surface area contributed by atoms with Gasteiger partial charge < -0.3 is 0 Å². The van der Waals surface area contributed by atoms with Crippen LogP contribution in [0.25, 0.3) is 0 Å². The molecule has 2 atom stereocenters. The Hall–Kier alpha value is -0.180. The van der Waals surface area contributed by atoms with Crippen LogP contribution in [0.4, 0.5) is 0 Å². The van der Waals surface area contributed by atoms with Gasteiger partial charge in [-0.1, -0.05) is 12.1 Å². The van der Waals surface area contributed by atoms with Crippen molar-refractivity contribution in [2.45, 2.75) is 23.7 Å². The summed E-state index contributed by atoms with van der Waals surface area (Å²) in [7, 11) is -2.05. The van der Waals surface area contributed by atoms with Crippen LogP contribution in [-0.2, 0) is 17.1 Å². The van der Waals surface area contributed by atoms with Gasteiger partial charge in [0.05, 0.1) is 0 Å². The van der Waals surface area contributed by atoms with Crippen molar-refractivity contribution in [1.82, 2.24) is 19.3 Å². The fraction of sp³-hybridized carbons (Fsp3) is 0.778. The Morgan fingerprint density at radius 1 is 1.50 bits per heavy atom. The predicted molar refractivity (Wildman–Crippen MR) is 70.9 cm³/mol. The van der Waals surface area contributed by atoms with E-state index in [0.29, 0.717) is 19.0 Å². The first-order valence-corrected chi connectivity index (χ1v) is 8.20. The third-order valence-electron chi connectivity index (χ3n) is 3.15. The Morgan fingerprint density at radius 2 is 2.17 bits per heavy atom. The molecule has 1 aliphatic heterocycles. The molecule has 2 rings (SSSR count). The third kappa shape index (κ3) is 2.43. The quantitative estimate of drug-likeness (QED) is 0.746. The average molecular weight is 358 g/mol. The lowest BCUT2D eigenvalue weighted by atomic mass is 10.0. The smallest absolute Gasteiger partial charge is 0.235 e. The number of hydrogen-bond donors (Lipinski definition) is 0. The summed E-state index contributed by atoms with van der Waals surface area (Å²) in [6.45, 7) is 2.83. The van der Waals surface area contributed by atoms with Gasteiger partial charge in [0.15, 0.2) is 4.60 Å². The van der Waals surface area contributed by atoms with Crippen LogP contribution in [0.3, 0.4) is 0 Å². The Labute approximate surface area is 119 Å². The maximum atomic E-state index is 12.5. The molecule has 1 aliphatic rings. The first-order chi connectivity index (χ1) is 8.34. The van der Waals surface area contributed by atoms with Crippen molar-refractivity contribution in [2.24, 2.45) is 13.0 Å². The van der Waals surface area contributed by atoms with Crippen molar-refractivity contribution in [1.29, 1.82) is 0 Å². The zero-order valence-corrected chi connectivity index (χ0v) is 13.2. The maximum absolute atomic E-state index is 12.5. The number of nitrogens with zero attached hydrogens (tertiary/aromatic N) is 4. The molecule has 1 aromatic rings. The molecule has 0 saturated carbocycles. The first kappa shape index (κ1) is 14.2. The number of hydrogen-bond acceptors (Lipinski definition) is 4. The van der Waals surface area contributed by atoms with Crippen LogP contribution in [0, 0.1) is 5.92 Å². The van der Waals surface area contributed by atoms with Crippen molar-refractivity contribution >= 4 is 37.6 Å². The predicted octanol–water partition coefficient (Wildman–Crippen LogP) is 1.22. The Kier molecular flexibility index (Phi) is 4.01. The van der Waals surface area contributed by atoms with Crippen LogP contribution in [0.2, 0.25) is 0 Å². The number of aryl methyl sites for hydroxylation is 1. The number of aromatic nitrogens is 3. The fourth-order valence-electron chi connectivity index (χ4n) is 1.93. The largest absolute Gasteiger partial charge is 0.263 e. The third-order valence-corrected chi connectivity index (χ3v) is 6.47. The molecule has 0 spiro atoms. The monoisotopic (exact) mass is 356 g/mol. The van der Waals surface area contributed by atoms with E-state index in [0.717, 1.165) is 6.42 Å². The molecule has 1 aromatic heterocycles. The number of halogens is 2. The standard InChI is InChI=1S/C9H14BrClN4O2S/c1-6-3-4-15(5-7(6)11)18(16,17)9-8(10)12-13-14(9)2/h6-7H,3-5H2,1-2H3. The molecule has 1 fully saturated rings. The second kappa shape index (κ2) is 5.07. The molecule has 0 amide bonds. The second-order valence-electron chi connectivity index (χ2n) is 4.45. The van der Waals surface area contributed by atoms with Gasteiger partial charge in [-0.05, 0) is 28.3 Å². The molecule has 0 aromatic carbocycles. The van der Waals surface area contributed by atoms with Gasteiger partial charge in [-0.3, -0.25) is 0 Å². The van der Waals surface area contributed by atoms with Crippen LogP contribution in [0.1, 0.15) is 13.3 Å². The van der Waals surface area contributed by atoms with Gasteiger partial charge >= 0.3 is 0 Å². The highest BCUT2D eigenvalue weighted by atomic mass is 79.9. The summed E-state index contributed by atoms with van der Waals surface area (Å²) in [5.41, 5.74) is 0. The van der Waals surface area contributed by atoms with E-state index in [1.54, 1.807) is 7.05 Å². The highest BCUT2D eigenvalue weighted by molar-refractivity contribution is 9.10. The Balaban J connectivity index is 2.33. The summed E-state index contributed by atoms with van der Waals surface area (Å²) in [6, 6.07) is 0. The van der Waals surface area contributed by atoms with Gasteiger partial charge in [0.1, 0.15) is 0 Å². The molecule has 2 unspecified atom stereocenters. The Morgan fingerprint density at radius 3 is 2.67 bits per heavy atom. The van der Waals surface area contributed by atoms with E-state index < -0.39 is 10.0 Å². The zero-order chi connectivity index (χ0) is 13.5. The lowest BCUT2D eigenvalue weighted by Gasteiger charge is -2.32. The van der Waals surface area contributed by atoms with Crippen molar-refractivity contribution in [2.75, 3.05) is 13.1 Å². The number of piperidine rings is 1. The maximum Gasteiger partial charge on any atom is 0.263 e. The minimum atomic E-state index is -3.60. The van der Waals surface area contributed by atoms with E-state index in [-0.39, 0.29) is 15.0 Å². The minimum Gasteiger partial charge on any atom is -0.235 e. The van der Waals surface area contributed by atoms with E-state index in [9.17, 15) is 8.42 Å². The van der Waals surface area contributed by atoms with Crippen molar-refractivity contribution in [3.05, 3.63) is 4.60 Å². The molecule has 2 heterocycles. The molecule has 0 bridgehead atoms. The molecule has 1 saturated heterocycles. The lowest BCUT2D eigenvalue weighted by Crippen LogP contribution is -2.44. The number of rotatable bonds is 2. The number of sulfonamides is 1. The highest BCUT2D eigenvalue weighted by Crippen LogP contribution is 2.28. The van der Waals surface area contributed by atoms with Gasteiger partial charge in [0.2, 0.25) is 5.03 Å². The topological polar surface area (TPSA) is 68.1 Å². The van der Waals surface area contributed by atoms with E-state index in [1.807, 2.05) is 6.92 Å². The lowest BCUT2D eigenvalue weighted by molar-refractivity contribution is 0.291. The highest BCUT2D eigenvalue weighted by Gasteiger charge is 2.36. The summed E-state index contributed by atoms with van der Waals surface area (Å²) in [4.78, 5) is 0. The molecule has 0 radical (unpaired) electrons. The molecular weight excluding hydrogens is 344 g/mol.